The summed E-state index contributed by atoms with van der Waals surface area (Å²) in [6, 6.07) is 9.59. The molecular weight excluding hydrogens is 278 g/mol. The lowest BCUT2D eigenvalue weighted by Crippen LogP contribution is -2.31. The van der Waals surface area contributed by atoms with Crippen LogP contribution in [-0.4, -0.2) is 45.9 Å². The number of nitrogens with one attached hydrogen (secondary N) is 1. The topological polar surface area (TPSA) is 63.1 Å². The van der Waals surface area contributed by atoms with E-state index in [9.17, 15) is 4.79 Å². The number of likely N-dealkylation sites (N-methyl/N-ethyl adjacent to an activating group) is 1. The van der Waals surface area contributed by atoms with Crippen molar-refractivity contribution in [1.82, 2.24) is 19.9 Å². The second-order valence-electron chi connectivity index (χ2n) is 5.96. The van der Waals surface area contributed by atoms with Crippen LogP contribution in [0.25, 0.3) is 0 Å². The Morgan fingerprint density at radius 1 is 1.23 bits per heavy atom. The molecule has 6 heteroatoms. The van der Waals surface area contributed by atoms with Gasteiger partial charge in [0.2, 0.25) is 5.91 Å². The van der Waals surface area contributed by atoms with Crippen LogP contribution in [-0.2, 0) is 4.79 Å². The molecule has 0 radical (unpaired) electrons. The molecule has 1 aliphatic heterocycles. The molecule has 0 saturated carbocycles. The molecule has 1 aromatic carbocycles. The summed E-state index contributed by atoms with van der Waals surface area (Å²) in [5.74, 6) is -0.0990. The van der Waals surface area contributed by atoms with Gasteiger partial charge in [0.05, 0.1) is 23.3 Å². The molecular formula is C16H21N5O. The number of aromatic nitrogens is 3. The number of likely N-dealkylation sites (tertiary alicyclic amines) is 1. The average Bonchev–Trinajstić information content (AvgIpc) is 3.04. The minimum Gasteiger partial charge on any atom is -0.326 e. The van der Waals surface area contributed by atoms with Crippen LogP contribution in [0.5, 0.6) is 0 Å². The summed E-state index contributed by atoms with van der Waals surface area (Å²) >= 11 is 0. The Kier molecular flexibility index (Phi) is 3.94. The third kappa shape index (κ3) is 2.74. The molecule has 0 aliphatic carbocycles. The molecule has 6 nitrogen and oxygen atoms in total. The van der Waals surface area contributed by atoms with Gasteiger partial charge in [0.15, 0.2) is 0 Å². The highest BCUT2D eigenvalue weighted by atomic mass is 16.2. The predicted molar refractivity (Wildman–Crippen MR) is 84.6 cm³/mol. The van der Waals surface area contributed by atoms with Gasteiger partial charge in [-0.25, -0.2) is 4.68 Å². The second kappa shape index (κ2) is 5.88. The summed E-state index contributed by atoms with van der Waals surface area (Å²) in [6.07, 6.45) is 0. The minimum atomic E-state index is -0.134. The molecule has 3 rings (SSSR count). The number of rotatable bonds is 3. The van der Waals surface area contributed by atoms with E-state index >= 15 is 0 Å². The molecule has 2 heterocycles. The highest BCUT2D eigenvalue weighted by Crippen LogP contribution is 2.29. The average molecular weight is 299 g/mol. The fourth-order valence-corrected chi connectivity index (χ4v) is 2.98. The summed E-state index contributed by atoms with van der Waals surface area (Å²) in [7, 11) is 2.03. The zero-order valence-corrected chi connectivity index (χ0v) is 13.2. The van der Waals surface area contributed by atoms with Crippen molar-refractivity contribution in [1.29, 1.82) is 0 Å². The Hall–Kier alpha value is -2.21. The smallest absolute Gasteiger partial charge is 0.231 e. The number of nitrogens with zero attached hydrogens (tertiary/aromatic N) is 4. The van der Waals surface area contributed by atoms with Crippen molar-refractivity contribution in [3.63, 3.8) is 0 Å². The van der Waals surface area contributed by atoms with E-state index in [2.05, 4.69) is 20.5 Å². The van der Waals surface area contributed by atoms with Gasteiger partial charge < -0.3 is 10.2 Å². The first-order valence-electron chi connectivity index (χ1n) is 7.49. The summed E-state index contributed by atoms with van der Waals surface area (Å²) in [4.78, 5) is 14.8. The van der Waals surface area contributed by atoms with Gasteiger partial charge in [-0.2, -0.15) is 0 Å². The van der Waals surface area contributed by atoms with E-state index in [4.69, 9.17) is 0 Å². The fraction of sp³-hybridized carbons (Fsp3) is 0.438. The summed E-state index contributed by atoms with van der Waals surface area (Å²) < 4.78 is 1.90. The number of benzene rings is 1. The molecule has 2 aromatic rings. The van der Waals surface area contributed by atoms with Crippen molar-refractivity contribution in [3.05, 3.63) is 41.7 Å². The third-order valence-electron chi connectivity index (χ3n) is 4.32. The number of para-hydroxylation sites is 1. The highest BCUT2D eigenvalue weighted by Gasteiger charge is 2.38. The molecule has 1 amide bonds. The molecule has 0 bridgehead atoms. The zero-order chi connectivity index (χ0) is 15.7. The molecule has 2 atom stereocenters. The minimum absolute atomic E-state index is 0.0231. The van der Waals surface area contributed by atoms with Gasteiger partial charge in [-0.05, 0) is 33.0 Å². The van der Waals surface area contributed by atoms with Crippen molar-refractivity contribution in [2.24, 2.45) is 5.92 Å². The first-order chi connectivity index (χ1) is 10.6. The maximum absolute atomic E-state index is 12.7. The van der Waals surface area contributed by atoms with Crippen molar-refractivity contribution in [3.8, 4) is 0 Å². The first-order valence-corrected chi connectivity index (χ1v) is 7.49. The SMILES string of the molecule is Cc1nnn([C@H]2CN(C)C[C@@H]2C(=O)Nc2ccccc2)c1C. The van der Waals surface area contributed by atoms with Crippen LogP contribution in [0.1, 0.15) is 17.4 Å². The van der Waals surface area contributed by atoms with Crippen LogP contribution in [0.2, 0.25) is 0 Å². The number of aryl methyl sites for hydroxylation is 1. The quantitative estimate of drug-likeness (QED) is 0.936. The number of carbonyl (C=O) groups is 1. The molecule has 1 fully saturated rings. The zero-order valence-electron chi connectivity index (χ0n) is 13.2. The van der Waals surface area contributed by atoms with E-state index in [0.29, 0.717) is 0 Å². The van der Waals surface area contributed by atoms with Gasteiger partial charge >= 0.3 is 0 Å². The van der Waals surface area contributed by atoms with Crippen molar-refractivity contribution >= 4 is 11.6 Å². The van der Waals surface area contributed by atoms with Crippen LogP contribution < -0.4 is 5.32 Å². The fourth-order valence-electron chi connectivity index (χ4n) is 2.98. The maximum atomic E-state index is 12.7. The van der Waals surface area contributed by atoms with E-state index in [1.807, 2.05) is 55.9 Å². The van der Waals surface area contributed by atoms with Crippen molar-refractivity contribution in [2.45, 2.75) is 19.9 Å². The summed E-state index contributed by atoms with van der Waals surface area (Å²) in [6.45, 7) is 5.47. The molecule has 1 aliphatic rings. The predicted octanol–water partition coefficient (Wildman–Crippen LogP) is 1.64. The Balaban J connectivity index is 1.81. The van der Waals surface area contributed by atoms with Crippen LogP contribution in [0.3, 0.4) is 0 Å². The standard InChI is InChI=1S/C16H21N5O/c1-11-12(2)21(19-18-11)15-10-20(3)9-14(15)16(22)17-13-7-5-4-6-8-13/h4-8,14-15H,9-10H2,1-3H3,(H,17,22)/t14-,15-/m0/s1. The van der Waals surface area contributed by atoms with Gasteiger partial charge in [0, 0.05) is 18.8 Å². The number of hydrogen-bond acceptors (Lipinski definition) is 4. The summed E-state index contributed by atoms with van der Waals surface area (Å²) in [5.41, 5.74) is 2.77. The maximum Gasteiger partial charge on any atom is 0.231 e. The van der Waals surface area contributed by atoms with E-state index < -0.39 is 0 Å². The van der Waals surface area contributed by atoms with Gasteiger partial charge in [-0.3, -0.25) is 4.79 Å². The van der Waals surface area contributed by atoms with Gasteiger partial charge in [0.1, 0.15) is 0 Å². The lowest BCUT2D eigenvalue weighted by Gasteiger charge is -2.19. The monoisotopic (exact) mass is 299 g/mol. The number of carbonyl (C=O) groups excluding carboxylic acids is 1. The largest absolute Gasteiger partial charge is 0.326 e. The molecule has 0 unspecified atom stereocenters. The molecule has 1 aromatic heterocycles. The third-order valence-corrected chi connectivity index (χ3v) is 4.32. The Morgan fingerprint density at radius 2 is 1.95 bits per heavy atom. The van der Waals surface area contributed by atoms with Gasteiger partial charge in [-0.1, -0.05) is 23.4 Å². The Labute approximate surface area is 130 Å². The molecule has 1 saturated heterocycles. The van der Waals surface area contributed by atoms with Crippen LogP contribution >= 0.6 is 0 Å². The highest BCUT2D eigenvalue weighted by molar-refractivity contribution is 5.93. The molecule has 22 heavy (non-hydrogen) atoms. The van der Waals surface area contributed by atoms with Gasteiger partial charge in [0.25, 0.3) is 0 Å². The number of anilines is 1. The first kappa shape index (κ1) is 14.7. The lowest BCUT2D eigenvalue weighted by atomic mass is 10.0. The molecule has 0 spiro atoms. The Morgan fingerprint density at radius 3 is 2.59 bits per heavy atom. The molecule has 116 valence electrons. The Bertz CT molecular complexity index is 666. The van der Waals surface area contributed by atoms with Crippen LogP contribution in [0.4, 0.5) is 5.69 Å². The van der Waals surface area contributed by atoms with Crippen LogP contribution in [0.15, 0.2) is 30.3 Å². The summed E-state index contributed by atoms with van der Waals surface area (Å²) in [5, 5.41) is 11.4. The second-order valence-corrected chi connectivity index (χ2v) is 5.96. The normalized spacial score (nSPS) is 22.0. The van der Waals surface area contributed by atoms with Crippen LogP contribution in [0, 0.1) is 19.8 Å². The number of amides is 1. The van der Waals surface area contributed by atoms with E-state index in [-0.39, 0.29) is 17.9 Å². The number of hydrogen-bond donors (Lipinski definition) is 1. The van der Waals surface area contributed by atoms with Gasteiger partial charge in [-0.15, -0.1) is 5.10 Å². The van der Waals surface area contributed by atoms with E-state index in [1.165, 1.54) is 0 Å². The lowest BCUT2D eigenvalue weighted by molar-refractivity contribution is -0.120. The van der Waals surface area contributed by atoms with E-state index in [0.717, 1.165) is 30.2 Å². The van der Waals surface area contributed by atoms with E-state index in [1.54, 1.807) is 0 Å². The van der Waals surface area contributed by atoms with Crippen molar-refractivity contribution < 1.29 is 4.79 Å². The molecule has 1 N–H and O–H groups in total. The van der Waals surface area contributed by atoms with Crippen molar-refractivity contribution in [2.75, 3.05) is 25.5 Å².